The Morgan fingerprint density at radius 3 is 1.89 bits per heavy atom. The fraction of sp³-hybridized carbons (Fsp3) is 1.00. The number of hydrogen-bond acceptors (Lipinski definition) is 4. The second-order valence-corrected chi connectivity index (χ2v) is 3.76. The molecule has 0 spiro atoms. The first-order valence-corrected chi connectivity index (χ1v) is 3.76. The fourth-order valence-electron chi connectivity index (χ4n) is 0.416. The molecule has 0 bridgehead atoms. The number of nitrogens with zero attached hydrogens (tertiary/aromatic N) is 4. The van der Waals surface area contributed by atoms with Gasteiger partial charge in [0.15, 0.2) is 0 Å². The Balaban J connectivity index is 2.75. The van der Waals surface area contributed by atoms with Crippen LogP contribution in [0.2, 0.25) is 0 Å². The highest BCUT2D eigenvalue weighted by Gasteiger charge is 2.32. The molecule has 0 aliphatic carbocycles. The van der Waals surface area contributed by atoms with E-state index in [0.29, 0.717) is 5.92 Å². The molecule has 0 aromatic heterocycles. The summed E-state index contributed by atoms with van der Waals surface area (Å²) in [4.78, 5) is 0. The molecule has 0 amide bonds. The molecule has 4 nitrogen and oxygen atoms in total. The van der Waals surface area contributed by atoms with Crippen LogP contribution < -0.4 is 0 Å². The van der Waals surface area contributed by atoms with E-state index in [2.05, 4.69) is 43.3 Å². The van der Waals surface area contributed by atoms with Gasteiger partial charge in [0.2, 0.25) is 3.67 Å². The molecule has 0 radical (unpaired) electrons. The van der Waals surface area contributed by atoms with Crippen molar-refractivity contribution in [1.82, 2.24) is 0 Å². The molecular formula is C4H7IN4. The fourth-order valence-corrected chi connectivity index (χ4v) is 0.609. The van der Waals surface area contributed by atoms with Crippen molar-refractivity contribution in [3.63, 3.8) is 0 Å². The summed E-state index contributed by atoms with van der Waals surface area (Å²) in [5.41, 5.74) is 0. The molecule has 5 heteroatoms. The zero-order valence-corrected chi connectivity index (χ0v) is 7.40. The molecule has 1 heterocycles. The van der Waals surface area contributed by atoms with Crippen LogP contribution in [-0.4, -0.2) is 3.67 Å². The van der Waals surface area contributed by atoms with Crippen LogP contribution in [0, 0.1) is 5.92 Å². The average Bonchev–Trinajstić information content (AvgIpc) is 2.16. The quantitative estimate of drug-likeness (QED) is 0.383. The maximum Gasteiger partial charge on any atom is 0.246 e. The number of hydrogen-bond donors (Lipinski definition) is 0. The number of halogens is 1. The molecule has 0 fully saturated rings. The first-order chi connectivity index (χ1) is 4.15. The van der Waals surface area contributed by atoms with Crippen molar-refractivity contribution in [2.45, 2.75) is 17.5 Å². The summed E-state index contributed by atoms with van der Waals surface area (Å²) in [7, 11) is 0. The second-order valence-electron chi connectivity index (χ2n) is 2.17. The van der Waals surface area contributed by atoms with Crippen molar-refractivity contribution in [1.29, 1.82) is 0 Å². The monoisotopic (exact) mass is 238 g/mol. The SMILES string of the molecule is CC(C)C1(I)N=NN=N1. The molecule has 1 rings (SSSR count). The molecule has 0 aromatic carbocycles. The van der Waals surface area contributed by atoms with Gasteiger partial charge in [0.05, 0.1) is 0 Å². The Morgan fingerprint density at radius 1 is 1.22 bits per heavy atom. The highest BCUT2D eigenvalue weighted by Crippen LogP contribution is 2.35. The van der Waals surface area contributed by atoms with Gasteiger partial charge in [-0.05, 0) is 33.0 Å². The van der Waals surface area contributed by atoms with E-state index < -0.39 is 3.67 Å². The van der Waals surface area contributed by atoms with Crippen molar-refractivity contribution >= 4 is 22.6 Å². The summed E-state index contributed by atoms with van der Waals surface area (Å²) in [6, 6.07) is 0. The van der Waals surface area contributed by atoms with Gasteiger partial charge in [0.1, 0.15) is 0 Å². The smallest absolute Gasteiger partial charge is 0.123 e. The highest BCUT2D eigenvalue weighted by molar-refractivity contribution is 14.1. The third-order valence-electron chi connectivity index (χ3n) is 1.14. The van der Waals surface area contributed by atoms with Crippen LogP contribution >= 0.6 is 22.6 Å². The second kappa shape index (κ2) is 2.28. The number of alkyl halides is 1. The number of rotatable bonds is 1. The minimum atomic E-state index is -0.419. The van der Waals surface area contributed by atoms with Gasteiger partial charge in [-0.15, -0.1) is 10.2 Å². The maximum atomic E-state index is 3.85. The van der Waals surface area contributed by atoms with Gasteiger partial charge in [-0.25, -0.2) is 0 Å². The lowest BCUT2D eigenvalue weighted by molar-refractivity contribution is 0.486. The molecule has 1 aliphatic heterocycles. The van der Waals surface area contributed by atoms with Gasteiger partial charge in [0.25, 0.3) is 0 Å². The van der Waals surface area contributed by atoms with E-state index in [0.717, 1.165) is 0 Å². The van der Waals surface area contributed by atoms with Crippen LogP contribution in [0.25, 0.3) is 0 Å². The van der Waals surface area contributed by atoms with Gasteiger partial charge in [-0.2, -0.15) is 0 Å². The molecule has 0 aromatic rings. The molecule has 9 heavy (non-hydrogen) atoms. The van der Waals surface area contributed by atoms with E-state index in [1.807, 2.05) is 13.8 Å². The lowest BCUT2D eigenvalue weighted by Gasteiger charge is -2.14. The third-order valence-corrected chi connectivity index (χ3v) is 2.82. The predicted octanol–water partition coefficient (Wildman–Crippen LogP) is 2.56. The lowest BCUT2D eigenvalue weighted by Crippen LogP contribution is -2.18. The van der Waals surface area contributed by atoms with Crippen LogP contribution in [0.5, 0.6) is 0 Å². The summed E-state index contributed by atoms with van der Waals surface area (Å²) in [5.74, 6) is 0.355. The van der Waals surface area contributed by atoms with Crippen molar-refractivity contribution in [3.8, 4) is 0 Å². The Labute approximate surface area is 67.0 Å². The van der Waals surface area contributed by atoms with Crippen LogP contribution in [0.3, 0.4) is 0 Å². The molecular weight excluding hydrogens is 231 g/mol. The van der Waals surface area contributed by atoms with Gasteiger partial charge in [-0.3, -0.25) is 0 Å². The standard InChI is InChI=1S/C4H7IN4/c1-3(2)4(5)6-8-9-7-4/h3H,1-2H3. The van der Waals surface area contributed by atoms with E-state index in [-0.39, 0.29) is 0 Å². The van der Waals surface area contributed by atoms with E-state index in [1.54, 1.807) is 0 Å². The van der Waals surface area contributed by atoms with E-state index in [4.69, 9.17) is 0 Å². The summed E-state index contributed by atoms with van der Waals surface area (Å²) < 4.78 is -0.419. The van der Waals surface area contributed by atoms with Gasteiger partial charge >= 0.3 is 0 Å². The predicted molar refractivity (Wildman–Crippen MR) is 41.3 cm³/mol. The van der Waals surface area contributed by atoms with E-state index in [9.17, 15) is 0 Å². The molecule has 0 saturated heterocycles. The van der Waals surface area contributed by atoms with Crippen LogP contribution in [-0.2, 0) is 0 Å². The normalized spacial score (nSPS) is 21.8. The molecule has 0 saturated carbocycles. The average molecular weight is 238 g/mol. The van der Waals surface area contributed by atoms with Crippen molar-refractivity contribution in [3.05, 3.63) is 0 Å². The summed E-state index contributed by atoms with van der Waals surface area (Å²) >= 11 is 2.13. The van der Waals surface area contributed by atoms with Crippen molar-refractivity contribution < 1.29 is 0 Å². The van der Waals surface area contributed by atoms with Gasteiger partial charge < -0.3 is 0 Å². The Bertz CT molecular complexity index is 150. The minimum absolute atomic E-state index is 0.355. The van der Waals surface area contributed by atoms with E-state index >= 15 is 0 Å². The Kier molecular flexibility index (Phi) is 1.78. The summed E-state index contributed by atoms with van der Waals surface area (Å²) in [6.07, 6.45) is 0. The van der Waals surface area contributed by atoms with Crippen LogP contribution in [0.15, 0.2) is 20.7 Å². The van der Waals surface area contributed by atoms with Gasteiger partial charge in [0, 0.05) is 5.92 Å². The topological polar surface area (TPSA) is 49.4 Å². The zero-order chi connectivity index (χ0) is 6.91. The van der Waals surface area contributed by atoms with Crippen molar-refractivity contribution in [2.75, 3.05) is 0 Å². The molecule has 0 unspecified atom stereocenters. The Hall–Kier alpha value is -0.0700. The van der Waals surface area contributed by atoms with Crippen molar-refractivity contribution in [2.24, 2.45) is 26.6 Å². The van der Waals surface area contributed by atoms with E-state index in [1.165, 1.54) is 0 Å². The largest absolute Gasteiger partial charge is 0.246 e. The highest BCUT2D eigenvalue weighted by atomic mass is 127. The molecule has 1 aliphatic rings. The third kappa shape index (κ3) is 1.25. The summed E-state index contributed by atoms with van der Waals surface area (Å²) in [5, 5.41) is 14.6. The van der Waals surface area contributed by atoms with Gasteiger partial charge in [-0.1, -0.05) is 13.8 Å². The summed E-state index contributed by atoms with van der Waals surface area (Å²) in [6.45, 7) is 4.08. The van der Waals surface area contributed by atoms with Crippen LogP contribution in [0.1, 0.15) is 13.8 Å². The molecule has 0 N–H and O–H groups in total. The lowest BCUT2D eigenvalue weighted by atomic mass is 10.2. The maximum absolute atomic E-state index is 3.85. The Morgan fingerprint density at radius 2 is 1.67 bits per heavy atom. The first kappa shape index (κ1) is 7.04. The zero-order valence-electron chi connectivity index (χ0n) is 5.24. The first-order valence-electron chi connectivity index (χ1n) is 2.68. The molecule has 0 atom stereocenters. The van der Waals surface area contributed by atoms with Crippen LogP contribution in [0.4, 0.5) is 0 Å². The minimum Gasteiger partial charge on any atom is -0.123 e. The molecule has 50 valence electrons.